The monoisotopic (exact) mass is 300 g/mol. The van der Waals surface area contributed by atoms with Gasteiger partial charge in [0.15, 0.2) is 0 Å². The summed E-state index contributed by atoms with van der Waals surface area (Å²) >= 11 is 0. The fraction of sp³-hybridized carbons (Fsp3) is 0.389. The number of aliphatic hydroxyl groups excluding tert-OH is 1. The molecule has 2 amide bonds. The number of hydrogen-bond donors (Lipinski definition) is 2. The molecule has 22 heavy (non-hydrogen) atoms. The van der Waals surface area contributed by atoms with Crippen LogP contribution in [0, 0.1) is 0 Å². The van der Waals surface area contributed by atoms with Crippen molar-refractivity contribution >= 4 is 16.8 Å². The highest BCUT2D eigenvalue weighted by Crippen LogP contribution is 2.18. The smallest absolute Gasteiger partial charge is 0.317 e. The van der Waals surface area contributed by atoms with E-state index in [2.05, 4.69) is 29.6 Å². The minimum absolute atomic E-state index is 0.0964. The molecular weight excluding hydrogens is 276 g/mol. The maximum atomic E-state index is 11.9. The largest absolute Gasteiger partial charge is 0.393 e. The zero-order valence-corrected chi connectivity index (χ0v) is 13.2. The molecule has 0 heterocycles. The molecule has 4 nitrogen and oxygen atoms in total. The van der Waals surface area contributed by atoms with Crippen molar-refractivity contribution in [2.75, 3.05) is 20.1 Å². The Morgan fingerprint density at radius 2 is 1.95 bits per heavy atom. The molecule has 2 aromatic carbocycles. The van der Waals surface area contributed by atoms with Crippen LogP contribution < -0.4 is 5.32 Å². The Morgan fingerprint density at radius 1 is 1.23 bits per heavy atom. The number of urea groups is 1. The summed E-state index contributed by atoms with van der Waals surface area (Å²) in [5.41, 5.74) is 1.24. The van der Waals surface area contributed by atoms with Gasteiger partial charge < -0.3 is 15.3 Å². The normalized spacial score (nSPS) is 12.1. The molecular formula is C18H24N2O2. The number of nitrogens with one attached hydrogen (secondary N) is 1. The van der Waals surface area contributed by atoms with Crippen molar-refractivity contribution < 1.29 is 9.90 Å². The molecule has 0 spiro atoms. The molecule has 1 unspecified atom stereocenters. The van der Waals surface area contributed by atoms with E-state index in [0.717, 1.165) is 6.42 Å². The van der Waals surface area contributed by atoms with Crippen molar-refractivity contribution in [2.24, 2.45) is 0 Å². The molecule has 0 bridgehead atoms. The number of carbonyl (C=O) groups excluding carboxylic acids is 1. The molecule has 0 aliphatic carbocycles. The fourth-order valence-electron chi connectivity index (χ4n) is 2.43. The van der Waals surface area contributed by atoms with Crippen LogP contribution in [0.2, 0.25) is 0 Å². The highest BCUT2D eigenvalue weighted by Gasteiger charge is 2.09. The van der Waals surface area contributed by atoms with Gasteiger partial charge >= 0.3 is 6.03 Å². The first-order chi connectivity index (χ1) is 10.6. The number of benzene rings is 2. The van der Waals surface area contributed by atoms with Crippen molar-refractivity contribution in [1.29, 1.82) is 0 Å². The highest BCUT2D eigenvalue weighted by atomic mass is 16.3. The Hall–Kier alpha value is -2.07. The van der Waals surface area contributed by atoms with Crippen LogP contribution in [0.4, 0.5) is 4.79 Å². The van der Waals surface area contributed by atoms with Crippen molar-refractivity contribution in [3.05, 3.63) is 48.0 Å². The van der Waals surface area contributed by atoms with Crippen molar-refractivity contribution in [1.82, 2.24) is 10.2 Å². The molecule has 0 radical (unpaired) electrons. The van der Waals surface area contributed by atoms with Gasteiger partial charge in [-0.1, -0.05) is 42.5 Å². The van der Waals surface area contributed by atoms with Crippen LogP contribution in [0.1, 0.15) is 18.9 Å². The Labute approximate surface area is 131 Å². The minimum Gasteiger partial charge on any atom is -0.393 e. The third-order valence-corrected chi connectivity index (χ3v) is 3.78. The van der Waals surface area contributed by atoms with E-state index in [1.807, 2.05) is 18.2 Å². The predicted molar refractivity (Wildman–Crippen MR) is 90.0 cm³/mol. The van der Waals surface area contributed by atoms with Gasteiger partial charge in [-0.2, -0.15) is 0 Å². The molecule has 0 fully saturated rings. The molecule has 2 aromatic rings. The second kappa shape index (κ2) is 7.80. The summed E-state index contributed by atoms with van der Waals surface area (Å²) in [7, 11) is 1.75. The molecule has 0 aliphatic heterocycles. The van der Waals surface area contributed by atoms with Crippen LogP contribution in [-0.2, 0) is 6.42 Å². The topological polar surface area (TPSA) is 52.6 Å². The summed E-state index contributed by atoms with van der Waals surface area (Å²) in [5.74, 6) is 0. The Balaban J connectivity index is 1.86. The van der Waals surface area contributed by atoms with E-state index in [1.54, 1.807) is 18.9 Å². The minimum atomic E-state index is -0.383. The summed E-state index contributed by atoms with van der Waals surface area (Å²) in [6.07, 6.45) is 1.01. The summed E-state index contributed by atoms with van der Waals surface area (Å²) < 4.78 is 0. The van der Waals surface area contributed by atoms with Gasteiger partial charge in [0.05, 0.1) is 6.10 Å². The lowest BCUT2D eigenvalue weighted by molar-refractivity contribution is 0.163. The van der Waals surface area contributed by atoms with Crippen LogP contribution in [0.5, 0.6) is 0 Å². The lowest BCUT2D eigenvalue weighted by atomic mass is 10.0. The molecule has 1 atom stereocenters. The number of rotatable bonds is 6. The average Bonchev–Trinajstić information content (AvgIpc) is 2.52. The first kappa shape index (κ1) is 16.3. The van der Waals surface area contributed by atoms with Gasteiger partial charge in [0, 0.05) is 20.1 Å². The quantitative estimate of drug-likeness (QED) is 0.862. The summed E-state index contributed by atoms with van der Waals surface area (Å²) in [4.78, 5) is 13.5. The summed E-state index contributed by atoms with van der Waals surface area (Å²) in [5, 5.41) is 14.6. The third kappa shape index (κ3) is 4.46. The first-order valence-electron chi connectivity index (χ1n) is 7.71. The number of nitrogens with zero attached hydrogens (tertiary/aromatic N) is 1. The molecule has 0 aromatic heterocycles. The fourth-order valence-corrected chi connectivity index (χ4v) is 2.43. The Bertz CT molecular complexity index is 620. The molecule has 0 aliphatic rings. The van der Waals surface area contributed by atoms with E-state index < -0.39 is 0 Å². The van der Waals surface area contributed by atoms with Crippen LogP contribution in [0.25, 0.3) is 10.8 Å². The van der Waals surface area contributed by atoms with Crippen LogP contribution >= 0.6 is 0 Å². The number of amides is 2. The van der Waals surface area contributed by atoms with Gasteiger partial charge in [0.25, 0.3) is 0 Å². The van der Waals surface area contributed by atoms with Gasteiger partial charge in [0.2, 0.25) is 0 Å². The number of fused-ring (bicyclic) bond motifs is 1. The van der Waals surface area contributed by atoms with Crippen molar-refractivity contribution in [3.63, 3.8) is 0 Å². The number of carbonyl (C=O) groups is 1. The van der Waals surface area contributed by atoms with Gasteiger partial charge in [-0.15, -0.1) is 0 Å². The molecule has 0 saturated carbocycles. The zero-order valence-electron chi connectivity index (χ0n) is 13.2. The molecule has 2 N–H and O–H groups in total. The van der Waals surface area contributed by atoms with E-state index in [1.165, 1.54) is 16.3 Å². The predicted octanol–water partition coefficient (Wildman–Crippen LogP) is 2.79. The zero-order chi connectivity index (χ0) is 15.9. The summed E-state index contributed by atoms with van der Waals surface area (Å²) in [6, 6.07) is 14.4. The van der Waals surface area contributed by atoms with E-state index in [0.29, 0.717) is 19.5 Å². The SMILES string of the molecule is CC(O)CCN(C)C(=O)NCCc1cccc2ccccc12. The summed E-state index contributed by atoms with van der Waals surface area (Å²) in [6.45, 7) is 2.88. The van der Waals surface area contributed by atoms with Crippen molar-refractivity contribution in [3.8, 4) is 0 Å². The Morgan fingerprint density at radius 3 is 2.73 bits per heavy atom. The molecule has 118 valence electrons. The second-order valence-corrected chi connectivity index (χ2v) is 5.68. The van der Waals surface area contributed by atoms with E-state index in [-0.39, 0.29) is 12.1 Å². The highest BCUT2D eigenvalue weighted by molar-refractivity contribution is 5.85. The Kier molecular flexibility index (Phi) is 5.78. The molecule has 2 rings (SSSR count). The third-order valence-electron chi connectivity index (χ3n) is 3.78. The van der Waals surface area contributed by atoms with Crippen LogP contribution in [-0.4, -0.2) is 42.3 Å². The number of aliphatic hydroxyl groups is 1. The van der Waals surface area contributed by atoms with Gasteiger partial charge in [0.1, 0.15) is 0 Å². The van der Waals surface area contributed by atoms with Crippen molar-refractivity contribution in [2.45, 2.75) is 25.9 Å². The number of hydrogen-bond acceptors (Lipinski definition) is 2. The van der Waals surface area contributed by atoms with E-state index >= 15 is 0 Å². The van der Waals surface area contributed by atoms with Gasteiger partial charge in [-0.05, 0) is 36.1 Å². The lowest BCUT2D eigenvalue weighted by Gasteiger charge is -2.18. The van der Waals surface area contributed by atoms with Gasteiger partial charge in [-0.25, -0.2) is 4.79 Å². The average molecular weight is 300 g/mol. The second-order valence-electron chi connectivity index (χ2n) is 5.68. The van der Waals surface area contributed by atoms with Crippen LogP contribution in [0.15, 0.2) is 42.5 Å². The lowest BCUT2D eigenvalue weighted by Crippen LogP contribution is -2.39. The van der Waals surface area contributed by atoms with Gasteiger partial charge in [-0.3, -0.25) is 0 Å². The van der Waals surface area contributed by atoms with E-state index in [4.69, 9.17) is 0 Å². The molecule has 0 saturated heterocycles. The standard InChI is InChI=1S/C18H24N2O2/c1-14(21)11-13-20(2)18(22)19-12-10-16-8-5-7-15-6-3-4-9-17(15)16/h3-9,14,21H,10-13H2,1-2H3,(H,19,22). The maximum Gasteiger partial charge on any atom is 0.317 e. The van der Waals surface area contributed by atoms with E-state index in [9.17, 15) is 9.90 Å². The first-order valence-corrected chi connectivity index (χ1v) is 7.71. The molecule has 4 heteroatoms. The van der Waals surface area contributed by atoms with Crippen LogP contribution in [0.3, 0.4) is 0 Å². The maximum absolute atomic E-state index is 11.9.